The Morgan fingerprint density at radius 2 is 1.88 bits per heavy atom. The third kappa shape index (κ3) is 3.80. The minimum atomic E-state index is 0.704. The molecule has 1 aromatic carbocycles. The molecule has 0 unspecified atom stereocenters. The van der Waals surface area contributed by atoms with Gasteiger partial charge in [-0.05, 0) is 29.3 Å². The molecule has 0 saturated heterocycles. The largest absolute Gasteiger partial charge is 0.309 e. The van der Waals surface area contributed by atoms with Crippen molar-refractivity contribution in [3.63, 3.8) is 0 Å². The number of nitrogens with zero attached hydrogens (tertiary/aromatic N) is 1. The maximum Gasteiger partial charge on any atom is 0.0634 e. The Morgan fingerprint density at radius 3 is 2.59 bits per heavy atom. The van der Waals surface area contributed by atoms with Crippen molar-refractivity contribution in [2.24, 2.45) is 0 Å². The Bertz CT molecular complexity index is 485. The van der Waals surface area contributed by atoms with Crippen molar-refractivity contribution >= 4 is 27.5 Å². The summed E-state index contributed by atoms with van der Waals surface area (Å²) in [6.45, 7) is 1.57. The zero-order chi connectivity index (χ0) is 12.1. The third-order valence-electron chi connectivity index (χ3n) is 2.41. The number of pyridine rings is 1. The van der Waals surface area contributed by atoms with Crippen LogP contribution in [-0.2, 0) is 13.1 Å². The average molecular weight is 312 g/mol. The van der Waals surface area contributed by atoms with Gasteiger partial charge in [-0.3, -0.25) is 4.98 Å². The summed E-state index contributed by atoms with van der Waals surface area (Å²) in [5.41, 5.74) is 2.32. The lowest BCUT2D eigenvalue weighted by Gasteiger charge is -2.06. The van der Waals surface area contributed by atoms with Crippen LogP contribution in [0.2, 0.25) is 5.02 Å². The van der Waals surface area contributed by atoms with Crippen LogP contribution in [0.25, 0.3) is 0 Å². The van der Waals surface area contributed by atoms with E-state index in [1.807, 2.05) is 18.2 Å². The van der Waals surface area contributed by atoms with Gasteiger partial charge >= 0.3 is 0 Å². The molecule has 17 heavy (non-hydrogen) atoms. The van der Waals surface area contributed by atoms with Gasteiger partial charge in [0.05, 0.1) is 5.02 Å². The van der Waals surface area contributed by atoms with E-state index in [2.05, 4.69) is 38.4 Å². The molecule has 0 aliphatic heterocycles. The molecular formula is C13H12BrClN2. The Kier molecular flexibility index (Phi) is 4.54. The molecule has 0 fully saturated rings. The van der Waals surface area contributed by atoms with Crippen molar-refractivity contribution < 1.29 is 0 Å². The minimum absolute atomic E-state index is 0.704. The zero-order valence-electron chi connectivity index (χ0n) is 9.16. The summed E-state index contributed by atoms with van der Waals surface area (Å²) in [7, 11) is 0. The minimum Gasteiger partial charge on any atom is -0.309 e. The fourth-order valence-corrected chi connectivity index (χ4v) is 1.94. The lowest BCUT2D eigenvalue weighted by molar-refractivity contribution is 0.693. The van der Waals surface area contributed by atoms with E-state index in [0.29, 0.717) is 5.02 Å². The molecule has 0 spiro atoms. The van der Waals surface area contributed by atoms with Gasteiger partial charge in [0.25, 0.3) is 0 Å². The summed E-state index contributed by atoms with van der Waals surface area (Å²) in [6.07, 6.45) is 3.42. The Labute approximate surface area is 114 Å². The van der Waals surface area contributed by atoms with Crippen LogP contribution in [0.5, 0.6) is 0 Å². The Hall–Kier alpha value is -0.900. The highest BCUT2D eigenvalue weighted by Crippen LogP contribution is 2.13. The maximum atomic E-state index is 6.02. The first-order valence-corrected chi connectivity index (χ1v) is 6.46. The SMILES string of the molecule is Clc1cnccc1CNCc1ccc(Br)cc1. The van der Waals surface area contributed by atoms with Crippen LogP contribution < -0.4 is 5.32 Å². The molecule has 0 aliphatic rings. The zero-order valence-corrected chi connectivity index (χ0v) is 11.5. The highest BCUT2D eigenvalue weighted by atomic mass is 79.9. The van der Waals surface area contributed by atoms with Crippen molar-refractivity contribution in [3.8, 4) is 0 Å². The van der Waals surface area contributed by atoms with E-state index in [-0.39, 0.29) is 0 Å². The second-order valence-corrected chi connectivity index (χ2v) is 5.02. The van der Waals surface area contributed by atoms with E-state index in [1.54, 1.807) is 12.4 Å². The van der Waals surface area contributed by atoms with Crippen LogP contribution in [0.15, 0.2) is 47.2 Å². The number of rotatable bonds is 4. The first-order chi connectivity index (χ1) is 8.25. The van der Waals surface area contributed by atoms with Crippen LogP contribution in [0.4, 0.5) is 0 Å². The number of benzene rings is 1. The van der Waals surface area contributed by atoms with Crippen molar-refractivity contribution in [1.29, 1.82) is 0 Å². The van der Waals surface area contributed by atoms with Gasteiger partial charge in [-0.2, -0.15) is 0 Å². The molecule has 2 rings (SSSR count). The van der Waals surface area contributed by atoms with Crippen molar-refractivity contribution in [2.45, 2.75) is 13.1 Å². The van der Waals surface area contributed by atoms with Gasteiger partial charge < -0.3 is 5.32 Å². The molecule has 1 heterocycles. The summed E-state index contributed by atoms with van der Waals surface area (Å²) in [6, 6.07) is 10.2. The second kappa shape index (κ2) is 6.15. The number of nitrogens with one attached hydrogen (secondary N) is 1. The van der Waals surface area contributed by atoms with Crippen LogP contribution in [0.3, 0.4) is 0 Å². The van der Waals surface area contributed by atoms with Crippen molar-refractivity contribution in [2.75, 3.05) is 0 Å². The highest BCUT2D eigenvalue weighted by Gasteiger charge is 1.99. The van der Waals surface area contributed by atoms with E-state index < -0.39 is 0 Å². The van der Waals surface area contributed by atoms with Gasteiger partial charge in [0.2, 0.25) is 0 Å². The summed E-state index contributed by atoms with van der Waals surface area (Å²) < 4.78 is 1.10. The fraction of sp³-hybridized carbons (Fsp3) is 0.154. The summed E-state index contributed by atoms with van der Waals surface area (Å²) >= 11 is 9.43. The van der Waals surface area contributed by atoms with E-state index >= 15 is 0 Å². The van der Waals surface area contributed by atoms with Crippen LogP contribution in [-0.4, -0.2) is 4.98 Å². The summed E-state index contributed by atoms with van der Waals surface area (Å²) in [5.74, 6) is 0. The Balaban J connectivity index is 1.88. The molecule has 2 nitrogen and oxygen atoms in total. The number of hydrogen-bond acceptors (Lipinski definition) is 2. The predicted octanol–water partition coefficient (Wildman–Crippen LogP) is 3.79. The molecule has 0 aliphatic carbocycles. The first kappa shape index (κ1) is 12.6. The van der Waals surface area contributed by atoms with Crippen molar-refractivity contribution in [1.82, 2.24) is 10.3 Å². The second-order valence-electron chi connectivity index (χ2n) is 3.70. The smallest absolute Gasteiger partial charge is 0.0634 e. The lowest BCUT2D eigenvalue weighted by atomic mass is 10.2. The third-order valence-corrected chi connectivity index (χ3v) is 3.28. The van der Waals surface area contributed by atoms with Gasteiger partial charge in [0.1, 0.15) is 0 Å². The van der Waals surface area contributed by atoms with Crippen molar-refractivity contribution in [3.05, 3.63) is 63.3 Å². The average Bonchev–Trinajstić information content (AvgIpc) is 2.34. The molecule has 0 bridgehead atoms. The van der Waals surface area contributed by atoms with Crippen LogP contribution in [0, 0.1) is 0 Å². The molecular weight excluding hydrogens is 300 g/mol. The lowest BCUT2D eigenvalue weighted by Crippen LogP contribution is -2.12. The number of aromatic nitrogens is 1. The molecule has 1 N–H and O–H groups in total. The summed E-state index contributed by atoms with van der Waals surface area (Å²) in [5, 5.41) is 4.06. The molecule has 1 aromatic heterocycles. The van der Waals surface area contributed by atoms with Crippen LogP contribution in [0.1, 0.15) is 11.1 Å². The highest BCUT2D eigenvalue weighted by molar-refractivity contribution is 9.10. The predicted molar refractivity (Wildman–Crippen MR) is 73.9 cm³/mol. The topological polar surface area (TPSA) is 24.9 Å². The van der Waals surface area contributed by atoms with E-state index in [0.717, 1.165) is 23.1 Å². The summed E-state index contributed by atoms with van der Waals surface area (Å²) in [4.78, 5) is 3.96. The molecule has 0 saturated carbocycles. The van der Waals surface area contributed by atoms with Gasteiger partial charge in [0, 0.05) is 30.0 Å². The van der Waals surface area contributed by atoms with E-state index in [4.69, 9.17) is 11.6 Å². The van der Waals surface area contributed by atoms with Gasteiger partial charge in [0.15, 0.2) is 0 Å². The quantitative estimate of drug-likeness (QED) is 0.929. The number of hydrogen-bond donors (Lipinski definition) is 1. The van der Waals surface area contributed by atoms with Gasteiger partial charge in [-0.25, -0.2) is 0 Å². The first-order valence-electron chi connectivity index (χ1n) is 5.29. The maximum absolute atomic E-state index is 6.02. The van der Waals surface area contributed by atoms with E-state index in [1.165, 1.54) is 5.56 Å². The molecule has 2 aromatic rings. The van der Waals surface area contributed by atoms with Crippen LogP contribution >= 0.6 is 27.5 Å². The molecule has 0 amide bonds. The Morgan fingerprint density at radius 1 is 1.12 bits per heavy atom. The monoisotopic (exact) mass is 310 g/mol. The standard InChI is InChI=1S/C13H12BrClN2/c14-12-3-1-10(2-4-12)7-17-8-11-5-6-16-9-13(11)15/h1-6,9,17H,7-8H2. The van der Waals surface area contributed by atoms with E-state index in [9.17, 15) is 0 Å². The molecule has 88 valence electrons. The number of halogens is 2. The molecule has 0 radical (unpaired) electrons. The molecule has 4 heteroatoms. The van der Waals surface area contributed by atoms with Gasteiger partial charge in [-0.1, -0.05) is 39.7 Å². The molecule has 0 atom stereocenters. The van der Waals surface area contributed by atoms with Gasteiger partial charge in [-0.15, -0.1) is 0 Å². The normalized spacial score (nSPS) is 10.5. The fourth-order valence-electron chi connectivity index (χ4n) is 1.49.